The molecule has 26 heavy (non-hydrogen) atoms. The predicted molar refractivity (Wildman–Crippen MR) is 92.0 cm³/mol. The van der Waals surface area contributed by atoms with Crippen LogP contribution in [0.4, 0.5) is 24.5 Å². The second-order valence-electron chi connectivity index (χ2n) is 5.95. The first-order chi connectivity index (χ1) is 12.2. The van der Waals surface area contributed by atoms with Gasteiger partial charge in [-0.05, 0) is 42.5 Å². The number of hydrogen-bond donors (Lipinski definition) is 1. The van der Waals surface area contributed by atoms with Gasteiger partial charge in [-0.3, -0.25) is 9.59 Å². The second kappa shape index (κ2) is 6.99. The van der Waals surface area contributed by atoms with Crippen LogP contribution in [0.3, 0.4) is 0 Å². The molecule has 1 saturated heterocycles. The first kappa shape index (κ1) is 18.3. The minimum Gasteiger partial charge on any atom is -0.326 e. The van der Waals surface area contributed by atoms with Gasteiger partial charge in [0.25, 0.3) is 0 Å². The minimum atomic E-state index is -4.44. The van der Waals surface area contributed by atoms with Gasteiger partial charge in [-0.25, -0.2) is 0 Å². The number of halogens is 4. The van der Waals surface area contributed by atoms with Crippen LogP contribution in [0.2, 0.25) is 5.02 Å². The minimum absolute atomic E-state index is 0.00653. The largest absolute Gasteiger partial charge is 0.416 e. The Morgan fingerprint density at radius 2 is 1.85 bits per heavy atom. The molecule has 2 aromatic rings. The van der Waals surface area contributed by atoms with Gasteiger partial charge in [-0.15, -0.1) is 0 Å². The average Bonchev–Trinajstić information content (AvgIpc) is 2.96. The summed E-state index contributed by atoms with van der Waals surface area (Å²) < 4.78 is 37.9. The normalized spacial score (nSPS) is 17.5. The van der Waals surface area contributed by atoms with Gasteiger partial charge in [0.15, 0.2) is 0 Å². The van der Waals surface area contributed by atoms with Crippen LogP contribution in [0.15, 0.2) is 48.5 Å². The van der Waals surface area contributed by atoms with Crippen molar-refractivity contribution in [2.45, 2.75) is 12.6 Å². The Bertz CT molecular complexity index is 837. The maximum atomic E-state index is 12.6. The van der Waals surface area contributed by atoms with E-state index in [1.165, 1.54) is 17.0 Å². The molecule has 1 fully saturated rings. The summed E-state index contributed by atoms with van der Waals surface area (Å²) in [7, 11) is 0. The molecule has 1 unspecified atom stereocenters. The lowest BCUT2D eigenvalue weighted by Crippen LogP contribution is -2.28. The maximum absolute atomic E-state index is 12.6. The van der Waals surface area contributed by atoms with Crippen LogP contribution >= 0.6 is 11.6 Å². The van der Waals surface area contributed by atoms with E-state index in [1.54, 1.807) is 24.3 Å². The number of nitrogens with one attached hydrogen (secondary N) is 1. The van der Waals surface area contributed by atoms with Crippen molar-refractivity contribution in [3.63, 3.8) is 0 Å². The van der Waals surface area contributed by atoms with Crippen molar-refractivity contribution in [1.82, 2.24) is 0 Å². The molecule has 3 rings (SSSR count). The highest BCUT2D eigenvalue weighted by Gasteiger charge is 2.36. The Kier molecular flexibility index (Phi) is 4.91. The molecule has 0 spiro atoms. The summed E-state index contributed by atoms with van der Waals surface area (Å²) in [5.74, 6) is -1.24. The number of amides is 2. The number of hydrogen-bond acceptors (Lipinski definition) is 2. The van der Waals surface area contributed by atoms with Gasteiger partial charge in [-0.2, -0.15) is 13.2 Å². The Morgan fingerprint density at radius 1 is 1.15 bits per heavy atom. The summed E-state index contributed by atoms with van der Waals surface area (Å²) in [6.07, 6.45) is -4.44. The van der Waals surface area contributed by atoms with E-state index in [0.717, 1.165) is 12.1 Å². The Morgan fingerprint density at radius 3 is 2.46 bits per heavy atom. The van der Waals surface area contributed by atoms with E-state index in [0.29, 0.717) is 16.4 Å². The highest BCUT2D eigenvalue weighted by Crippen LogP contribution is 2.32. The molecule has 0 saturated carbocycles. The molecule has 1 N–H and O–H groups in total. The monoisotopic (exact) mass is 382 g/mol. The lowest BCUT2D eigenvalue weighted by molar-refractivity contribution is -0.137. The first-order valence-corrected chi connectivity index (χ1v) is 8.16. The number of alkyl halides is 3. The standard InChI is InChI=1S/C18H14ClF3N2O2/c19-13-2-1-3-14(9-13)23-17(26)11-8-16(25)24(10-11)15-6-4-12(5-7-15)18(20,21)22/h1-7,9,11H,8,10H2,(H,23,26). The van der Waals surface area contributed by atoms with Crippen LogP contribution in [0.25, 0.3) is 0 Å². The lowest BCUT2D eigenvalue weighted by Gasteiger charge is -2.17. The fraction of sp³-hybridized carbons (Fsp3) is 0.222. The predicted octanol–water partition coefficient (Wildman–Crippen LogP) is 4.35. The van der Waals surface area contributed by atoms with Crippen LogP contribution in [0.5, 0.6) is 0 Å². The first-order valence-electron chi connectivity index (χ1n) is 7.78. The molecule has 1 atom stereocenters. The molecule has 1 heterocycles. The highest BCUT2D eigenvalue weighted by atomic mass is 35.5. The van der Waals surface area contributed by atoms with Gasteiger partial charge in [0, 0.05) is 29.4 Å². The molecule has 2 aromatic carbocycles. The average molecular weight is 383 g/mol. The van der Waals surface area contributed by atoms with Crippen molar-refractivity contribution in [1.29, 1.82) is 0 Å². The van der Waals surface area contributed by atoms with Crippen LogP contribution in [-0.2, 0) is 15.8 Å². The van der Waals surface area contributed by atoms with Crippen molar-refractivity contribution in [3.8, 4) is 0 Å². The van der Waals surface area contributed by atoms with Crippen molar-refractivity contribution in [3.05, 3.63) is 59.1 Å². The molecular formula is C18H14ClF3N2O2. The molecule has 1 aliphatic rings. The third kappa shape index (κ3) is 3.99. The number of nitrogens with zero attached hydrogens (tertiary/aromatic N) is 1. The molecule has 0 aromatic heterocycles. The van der Waals surface area contributed by atoms with Gasteiger partial charge >= 0.3 is 6.18 Å². The van der Waals surface area contributed by atoms with Crippen LogP contribution in [0.1, 0.15) is 12.0 Å². The van der Waals surface area contributed by atoms with Crippen molar-refractivity contribution in [2.24, 2.45) is 5.92 Å². The topological polar surface area (TPSA) is 49.4 Å². The van der Waals surface area contributed by atoms with Gasteiger partial charge in [-0.1, -0.05) is 17.7 Å². The van der Waals surface area contributed by atoms with E-state index < -0.39 is 17.7 Å². The van der Waals surface area contributed by atoms with Crippen LogP contribution in [0, 0.1) is 5.92 Å². The molecule has 136 valence electrons. The van der Waals surface area contributed by atoms with E-state index in [2.05, 4.69) is 5.32 Å². The fourth-order valence-corrected chi connectivity index (χ4v) is 2.96. The molecule has 0 bridgehead atoms. The number of carbonyl (C=O) groups is 2. The molecule has 2 amide bonds. The summed E-state index contributed by atoms with van der Waals surface area (Å²) in [6, 6.07) is 10.9. The van der Waals surface area contributed by atoms with Gasteiger partial charge in [0.05, 0.1) is 11.5 Å². The second-order valence-corrected chi connectivity index (χ2v) is 6.39. The maximum Gasteiger partial charge on any atom is 0.416 e. The number of benzene rings is 2. The molecule has 8 heteroatoms. The molecular weight excluding hydrogens is 369 g/mol. The Balaban J connectivity index is 1.69. The van der Waals surface area contributed by atoms with Gasteiger partial charge < -0.3 is 10.2 Å². The SMILES string of the molecule is O=C(Nc1cccc(Cl)c1)C1CC(=O)N(c2ccc(C(F)(F)F)cc2)C1. The summed E-state index contributed by atoms with van der Waals surface area (Å²) in [5, 5.41) is 3.16. The molecule has 0 radical (unpaired) electrons. The number of anilines is 2. The van der Waals surface area contributed by atoms with Crippen molar-refractivity contribution < 1.29 is 22.8 Å². The number of rotatable bonds is 3. The Hall–Kier alpha value is -2.54. The molecule has 0 aliphatic carbocycles. The van der Waals surface area contributed by atoms with Gasteiger partial charge in [0.2, 0.25) is 11.8 Å². The zero-order valence-electron chi connectivity index (χ0n) is 13.4. The van der Waals surface area contributed by atoms with E-state index in [1.807, 2.05) is 0 Å². The molecule has 4 nitrogen and oxygen atoms in total. The van der Waals surface area contributed by atoms with Crippen molar-refractivity contribution in [2.75, 3.05) is 16.8 Å². The van der Waals surface area contributed by atoms with Crippen molar-refractivity contribution >= 4 is 34.8 Å². The zero-order valence-corrected chi connectivity index (χ0v) is 14.1. The van der Waals surface area contributed by atoms with E-state index in [4.69, 9.17) is 11.6 Å². The fourth-order valence-electron chi connectivity index (χ4n) is 2.77. The zero-order chi connectivity index (χ0) is 18.9. The number of carbonyl (C=O) groups excluding carboxylic acids is 2. The summed E-state index contributed by atoms with van der Waals surface area (Å²) in [6.45, 7) is 0.108. The third-order valence-corrected chi connectivity index (χ3v) is 4.33. The van der Waals surface area contributed by atoms with E-state index in [-0.39, 0.29) is 24.8 Å². The molecule has 1 aliphatic heterocycles. The smallest absolute Gasteiger partial charge is 0.326 e. The quantitative estimate of drug-likeness (QED) is 0.858. The summed E-state index contributed by atoms with van der Waals surface area (Å²) in [4.78, 5) is 25.9. The lowest BCUT2D eigenvalue weighted by atomic mass is 10.1. The van der Waals surface area contributed by atoms with Gasteiger partial charge in [0.1, 0.15) is 0 Å². The van der Waals surface area contributed by atoms with E-state index in [9.17, 15) is 22.8 Å². The van der Waals surface area contributed by atoms with Crippen LogP contribution in [-0.4, -0.2) is 18.4 Å². The third-order valence-electron chi connectivity index (χ3n) is 4.09. The van der Waals surface area contributed by atoms with Crippen LogP contribution < -0.4 is 10.2 Å². The Labute approximate surface area is 152 Å². The summed E-state index contributed by atoms with van der Waals surface area (Å²) in [5.41, 5.74) is 0.0622. The van der Waals surface area contributed by atoms with E-state index >= 15 is 0 Å². The summed E-state index contributed by atoms with van der Waals surface area (Å²) >= 11 is 5.87. The highest BCUT2D eigenvalue weighted by molar-refractivity contribution is 6.30.